The van der Waals surface area contributed by atoms with Gasteiger partial charge in [-0.3, -0.25) is 4.79 Å². The van der Waals surface area contributed by atoms with E-state index in [-0.39, 0.29) is 11.7 Å². The molecule has 0 spiro atoms. The van der Waals surface area contributed by atoms with E-state index in [0.717, 1.165) is 5.56 Å². The molecule has 1 N–H and O–H groups in total. The van der Waals surface area contributed by atoms with Crippen molar-refractivity contribution in [2.24, 2.45) is 5.92 Å². The number of carbonyl (C=O) groups is 1. The Morgan fingerprint density at radius 3 is 2.86 bits per heavy atom. The maximum absolute atomic E-state index is 11.8. The molecule has 0 aliphatic heterocycles. The summed E-state index contributed by atoms with van der Waals surface area (Å²) in [7, 11) is 0. The molecule has 0 heterocycles. The molecule has 0 fully saturated rings. The number of carbonyl (C=O) groups excluding carboxylic acids is 1. The van der Waals surface area contributed by atoms with E-state index in [1.807, 2.05) is 12.1 Å². The average Bonchev–Trinajstić information content (AvgIpc) is 2.45. The fraction of sp³-hybridized carbons (Fsp3) is 0.364. The fourth-order valence-electron chi connectivity index (χ4n) is 1.92. The Labute approximate surface area is 87.5 Å². The van der Waals surface area contributed by atoms with Gasteiger partial charge in [0.1, 0.15) is 0 Å². The number of benzene rings is 1. The lowest BCUT2D eigenvalue weighted by Gasteiger charge is -2.10. The van der Waals surface area contributed by atoms with Crippen LogP contribution in [0.3, 0.4) is 0 Å². The first-order chi connectivity index (χ1) is 6.61. The molecule has 14 heavy (non-hydrogen) atoms. The summed E-state index contributed by atoms with van der Waals surface area (Å²) in [6.45, 7) is 1.64. The summed E-state index contributed by atoms with van der Waals surface area (Å²) in [6.07, 6.45) is -0.00202. The summed E-state index contributed by atoms with van der Waals surface area (Å²) in [5.74, 6) is -0.342. The molecule has 3 heteroatoms. The number of rotatable bonds is 1. The van der Waals surface area contributed by atoms with Gasteiger partial charge < -0.3 is 5.11 Å². The Kier molecular flexibility index (Phi) is 2.33. The number of aliphatic hydroxyl groups is 1. The van der Waals surface area contributed by atoms with E-state index in [0.29, 0.717) is 17.0 Å². The van der Waals surface area contributed by atoms with Crippen LogP contribution in [-0.4, -0.2) is 17.0 Å². The van der Waals surface area contributed by atoms with Crippen LogP contribution in [0, 0.1) is 5.92 Å². The topological polar surface area (TPSA) is 37.3 Å². The number of hydrogen-bond acceptors (Lipinski definition) is 2. The Balaban J connectivity index is 2.46. The molecule has 2 unspecified atom stereocenters. The summed E-state index contributed by atoms with van der Waals surface area (Å²) >= 11 is 5.93. The lowest BCUT2D eigenvalue weighted by atomic mass is 10.00. The predicted molar refractivity (Wildman–Crippen MR) is 54.7 cm³/mol. The van der Waals surface area contributed by atoms with Crippen molar-refractivity contribution in [2.75, 3.05) is 0 Å². The number of ketones is 1. The molecule has 0 saturated heterocycles. The Morgan fingerprint density at radius 2 is 2.29 bits per heavy atom. The molecule has 74 valence electrons. The first-order valence-corrected chi connectivity index (χ1v) is 4.98. The second-order valence-corrected chi connectivity index (χ2v) is 4.10. The van der Waals surface area contributed by atoms with Gasteiger partial charge in [-0.1, -0.05) is 23.7 Å². The van der Waals surface area contributed by atoms with Crippen molar-refractivity contribution < 1.29 is 9.90 Å². The monoisotopic (exact) mass is 210 g/mol. The van der Waals surface area contributed by atoms with Crippen molar-refractivity contribution in [2.45, 2.75) is 19.4 Å². The van der Waals surface area contributed by atoms with Crippen LogP contribution in [0.15, 0.2) is 18.2 Å². The van der Waals surface area contributed by atoms with Crippen LogP contribution in [0.4, 0.5) is 0 Å². The molecule has 1 aliphatic rings. The lowest BCUT2D eigenvalue weighted by molar-refractivity contribution is 0.0758. The van der Waals surface area contributed by atoms with Crippen molar-refractivity contribution >= 4 is 17.4 Å². The van der Waals surface area contributed by atoms with Crippen molar-refractivity contribution in [1.82, 2.24) is 0 Å². The summed E-state index contributed by atoms with van der Waals surface area (Å²) in [4.78, 5) is 11.8. The lowest BCUT2D eigenvalue weighted by Crippen LogP contribution is -2.22. The highest BCUT2D eigenvalue weighted by Crippen LogP contribution is 2.33. The van der Waals surface area contributed by atoms with Crippen LogP contribution in [0.25, 0.3) is 0 Å². The van der Waals surface area contributed by atoms with Crippen LogP contribution >= 0.6 is 11.6 Å². The van der Waals surface area contributed by atoms with Gasteiger partial charge in [0.25, 0.3) is 0 Å². The Bertz CT molecular complexity index is 385. The SMILES string of the molecule is CC(O)C1Cc2cccc(Cl)c2C1=O. The molecule has 0 bridgehead atoms. The summed E-state index contributed by atoms with van der Waals surface area (Å²) in [5, 5.41) is 9.92. The van der Waals surface area contributed by atoms with Gasteiger partial charge >= 0.3 is 0 Å². The molecule has 2 nitrogen and oxygen atoms in total. The number of aliphatic hydroxyl groups excluding tert-OH is 1. The molecule has 0 aromatic heterocycles. The molecule has 1 aromatic rings. The summed E-state index contributed by atoms with van der Waals surface area (Å²) in [5.41, 5.74) is 1.55. The zero-order chi connectivity index (χ0) is 10.3. The molecule has 1 aromatic carbocycles. The van der Waals surface area contributed by atoms with Crippen LogP contribution < -0.4 is 0 Å². The van der Waals surface area contributed by atoms with Crippen LogP contribution in [0.5, 0.6) is 0 Å². The minimum absolute atomic E-state index is 0.0272. The third-order valence-corrected chi connectivity index (χ3v) is 3.02. The molecule has 0 saturated carbocycles. The molecule has 2 rings (SSSR count). The van der Waals surface area contributed by atoms with Gasteiger partial charge in [-0.15, -0.1) is 0 Å². The number of hydrogen-bond donors (Lipinski definition) is 1. The predicted octanol–water partition coefficient (Wildman–Crippen LogP) is 2.08. The second kappa shape index (κ2) is 3.37. The van der Waals surface area contributed by atoms with E-state index in [2.05, 4.69) is 0 Å². The minimum Gasteiger partial charge on any atom is -0.393 e. The van der Waals surface area contributed by atoms with Gasteiger partial charge in [0.15, 0.2) is 5.78 Å². The molecule has 2 atom stereocenters. The van der Waals surface area contributed by atoms with Crippen LogP contribution in [0.1, 0.15) is 22.8 Å². The van der Waals surface area contributed by atoms with Crippen molar-refractivity contribution in [3.05, 3.63) is 34.3 Å². The van der Waals surface area contributed by atoms with E-state index >= 15 is 0 Å². The maximum atomic E-state index is 11.8. The van der Waals surface area contributed by atoms with Gasteiger partial charge in [-0.2, -0.15) is 0 Å². The normalized spacial score (nSPS) is 22.2. The highest BCUT2D eigenvalue weighted by atomic mass is 35.5. The van der Waals surface area contributed by atoms with Crippen molar-refractivity contribution in [3.8, 4) is 0 Å². The Morgan fingerprint density at radius 1 is 1.57 bits per heavy atom. The summed E-state index contributed by atoms with van der Waals surface area (Å²) in [6, 6.07) is 5.43. The molecule has 1 aliphatic carbocycles. The van der Waals surface area contributed by atoms with Crippen LogP contribution in [-0.2, 0) is 6.42 Å². The number of fused-ring (bicyclic) bond motifs is 1. The van der Waals surface area contributed by atoms with E-state index in [1.54, 1.807) is 13.0 Å². The molecule has 0 radical (unpaired) electrons. The van der Waals surface area contributed by atoms with Gasteiger partial charge in [-0.05, 0) is 25.0 Å². The average molecular weight is 211 g/mol. The third-order valence-electron chi connectivity index (χ3n) is 2.71. The van der Waals surface area contributed by atoms with Gasteiger partial charge in [-0.25, -0.2) is 0 Å². The summed E-state index contributed by atoms with van der Waals surface area (Å²) < 4.78 is 0. The number of halogens is 1. The maximum Gasteiger partial charge on any atom is 0.170 e. The second-order valence-electron chi connectivity index (χ2n) is 3.69. The quantitative estimate of drug-likeness (QED) is 0.771. The van der Waals surface area contributed by atoms with E-state index < -0.39 is 6.10 Å². The third kappa shape index (κ3) is 1.35. The smallest absolute Gasteiger partial charge is 0.170 e. The Hall–Kier alpha value is -0.860. The van der Waals surface area contributed by atoms with Crippen molar-refractivity contribution in [3.63, 3.8) is 0 Å². The van der Waals surface area contributed by atoms with E-state index in [9.17, 15) is 9.90 Å². The first kappa shape index (κ1) is 9.69. The molecular formula is C11H11ClO2. The van der Waals surface area contributed by atoms with Crippen molar-refractivity contribution in [1.29, 1.82) is 0 Å². The highest BCUT2D eigenvalue weighted by molar-refractivity contribution is 6.34. The highest BCUT2D eigenvalue weighted by Gasteiger charge is 2.34. The molecule has 0 amide bonds. The fourth-order valence-corrected chi connectivity index (χ4v) is 2.21. The zero-order valence-corrected chi connectivity index (χ0v) is 8.58. The number of Topliss-reactive ketones (excluding diaryl/α,β-unsaturated/α-hetero) is 1. The zero-order valence-electron chi connectivity index (χ0n) is 7.83. The van der Waals surface area contributed by atoms with Crippen LogP contribution in [0.2, 0.25) is 5.02 Å². The standard InChI is InChI=1S/C11H11ClO2/c1-6(13)8-5-7-3-2-4-9(12)10(7)11(8)14/h2-4,6,8,13H,5H2,1H3. The van der Waals surface area contributed by atoms with E-state index in [1.165, 1.54) is 0 Å². The van der Waals surface area contributed by atoms with Gasteiger partial charge in [0.2, 0.25) is 0 Å². The van der Waals surface area contributed by atoms with E-state index in [4.69, 9.17) is 11.6 Å². The largest absolute Gasteiger partial charge is 0.393 e. The van der Waals surface area contributed by atoms with Gasteiger partial charge in [0, 0.05) is 5.56 Å². The van der Waals surface area contributed by atoms with Gasteiger partial charge in [0.05, 0.1) is 17.0 Å². The molecular weight excluding hydrogens is 200 g/mol. The first-order valence-electron chi connectivity index (χ1n) is 4.61. The minimum atomic E-state index is -0.606.